The van der Waals surface area contributed by atoms with Crippen molar-refractivity contribution in [3.8, 4) is 11.8 Å². The Morgan fingerprint density at radius 3 is 2.50 bits per heavy atom. The summed E-state index contributed by atoms with van der Waals surface area (Å²) >= 11 is 0. The zero-order valence-corrected chi connectivity index (χ0v) is 7.84. The molecule has 4 heteroatoms. The van der Waals surface area contributed by atoms with Crippen LogP contribution < -0.4 is 4.74 Å². The van der Waals surface area contributed by atoms with Gasteiger partial charge in [0, 0.05) is 5.56 Å². The molecule has 0 fully saturated rings. The van der Waals surface area contributed by atoms with E-state index in [9.17, 15) is 8.78 Å². The van der Waals surface area contributed by atoms with Gasteiger partial charge in [0.2, 0.25) is 0 Å². The van der Waals surface area contributed by atoms with Crippen molar-refractivity contribution in [2.24, 2.45) is 0 Å². The second kappa shape index (κ2) is 4.05. The first-order chi connectivity index (χ1) is 6.56. The first kappa shape index (κ1) is 10.5. The van der Waals surface area contributed by atoms with E-state index in [2.05, 4.69) is 4.74 Å². The minimum Gasteiger partial charge on any atom is -0.435 e. The maximum atomic E-state index is 11.9. The number of nitriles is 1. The van der Waals surface area contributed by atoms with Crippen molar-refractivity contribution < 1.29 is 13.5 Å². The number of aryl methyl sites for hydroxylation is 1. The van der Waals surface area contributed by atoms with Gasteiger partial charge in [-0.3, -0.25) is 0 Å². The van der Waals surface area contributed by atoms with Crippen molar-refractivity contribution in [3.05, 3.63) is 28.8 Å². The summed E-state index contributed by atoms with van der Waals surface area (Å²) in [5, 5.41) is 8.76. The molecule has 0 aliphatic heterocycles. The molecule has 0 aliphatic rings. The molecule has 0 heterocycles. The zero-order chi connectivity index (χ0) is 10.7. The van der Waals surface area contributed by atoms with E-state index in [1.54, 1.807) is 19.9 Å². The molecule has 0 N–H and O–H groups in total. The Hall–Kier alpha value is -1.63. The molecular weight excluding hydrogens is 188 g/mol. The Kier molecular flexibility index (Phi) is 3.03. The van der Waals surface area contributed by atoms with E-state index in [4.69, 9.17) is 5.26 Å². The molecule has 0 aromatic heterocycles. The Morgan fingerprint density at radius 1 is 1.36 bits per heavy atom. The average Bonchev–Trinajstić information content (AvgIpc) is 2.10. The van der Waals surface area contributed by atoms with Crippen LogP contribution in [0, 0.1) is 25.2 Å². The highest BCUT2D eigenvalue weighted by atomic mass is 19.3. The van der Waals surface area contributed by atoms with E-state index in [-0.39, 0.29) is 5.75 Å². The SMILES string of the molecule is Cc1ccc(OC(F)F)c(C)c1C#N. The van der Waals surface area contributed by atoms with E-state index >= 15 is 0 Å². The lowest BCUT2D eigenvalue weighted by Gasteiger charge is -2.10. The van der Waals surface area contributed by atoms with Gasteiger partial charge < -0.3 is 4.74 Å². The fourth-order valence-electron chi connectivity index (χ4n) is 1.22. The molecule has 0 bridgehead atoms. The van der Waals surface area contributed by atoms with Crippen LogP contribution >= 0.6 is 0 Å². The van der Waals surface area contributed by atoms with Gasteiger partial charge in [-0.1, -0.05) is 6.07 Å². The van der Waals surface area contributed by atoms with E-state index in [0.29, 0.717) is 11.1 Å². The number of hydrogen-bond acceptors (Lipinski definition) is 2. The lowest BCUT2D eigenvalue weighted by Crippen LogP contribution is -2.04. The van der Waals surface area contributed by atoms with Crippen molar-refractivity contribution in [2.75, 3.05) is 0 Å². The molecule has 0 amide bonds. The van der Waals surface area contributed by atoms with Gasteiger partial charge in [-0.15, -0.1) is 0 Å². The molecular formula is C10H9F2NO. The maximum absolute atomic E-state index is 11.9. The number of halogens is 2. The molecule has 74 valence electrons. The topological polar surface area (TPSA) is 33.0 Å². The molecule has 1 aromatic carbocycles. The van der Waals surface area contributed by atoms with Crippen LogP contribution in [0.3, 0.4) is 0 Å². The lowest BCUT2D eigenvalue weighted by molar-refractivity contribution is -0.0503. The number of nitrogens with zero attached hydrogens (tertiary/aromatic N) is 1. The Labute approximate surface area is 80.7 Å². The van der Waals surface area contributed by atoms with Crippen LogP contribution in [0.25, 0.3) is 0 Å². The van der Waals surface area contributed by atoms with E-state index in [0.717, 1.165) is 5.56 Å². The van der Waals surface area contributed by atoms with Gasteiger partial charge in [-0.05, 0) is 25.5 Å². The van der Waals surface area contributed by atoms with Crippen molar-refractivity contribution >= 4 is 0 Å². The highest BCUT2D eigenvalue weighted by molar-refractivity contribution is 5.50. The van der Waals surface area contributed by atoms with Gasteiger partial charge in [0.15, 0.2) is 0 Å². The first-order valence-electron chi connectivity index (χ1n) is 4.01. The largest absolute Gasteiger partial charge is 0.435 e. The third kappa shape index (κ3) is 1.99. The predicted molar refractivity (Wildman–Crippen MR) is 47.3 cm³/mol. The highest BCUT2D eigenvalue weighted by Gasteiger charge is 2.11. The Balaban J connectivity index is 3.16. The fourth-order valence-corrected chi connectivity index (χ4v) is 1.22. The van der Waals surface area contributed by atoms with Gasteiger partial charge in [0.05, 0.1) is 11.6 Å². The monoisotopic (exact) mass is 197 g/mol. The summed E-state index contributed by atoms with van der Waals surface area (Å²) in [7, 11) is 0. The second-order valence-electron chi connectivity index (χ2n) is 2.87. The molecule has 0 saturated heterocycles. The Bertz CT molecular complexity index is 382. The molecule has 0 saturated carbocycles. The molecule has 1 aromatic rings. The lowest BCUT2D eigenvalue weighted by atomic mass is 10.0. The second-order valence-corrected chi connectivity index (χ2v) is 2.87. The minimum atomic E-state index is -2.86. The third-order valence-electron chi connectivity index (χ3n) is 1.95. The molecule has 0 atom stereocenters. The highest BCUT2D eigenvalue weighted by Crippen LogP contribution is 2.25. The van der Waals surface area contributed by atoms with Crippen LogP contribution in [0.5, 0.6) is 5.75 Å². The van der Waals surface area contributed by atoms with E-state index < -0.39 is 6.61 Å². The molecule has 2 nitrogen and oxygen atoms in total. The summed E-state index contributed by atoms with van der Waals surface area (Å²) < 4.78 is 28.1. The minimum absolute atomic E-state index is 0.0575. The van der Waals surface area contributed by atoms with Crippen molar-refractivity contribution in [3.63, 3.8) is 0 Å². The summed E-state index contributed by atoms with van der Waals surface area (Å²) in [6.07, 6.45) is 0. The maximum Gasteiger partial charge on any atom is 0.387 e. The fraction of sp³-hybridized carbons (Fsp3) is 0.300. The van der Waals surface area contributed by atoms with Crippen LogP contribution in [0.4, 0.5) is 8.78 Å². The molecule has 0 radical (unpaired) electrons. The van der Waals surface area contributed by atoms with Crippen LogP contribution in [-0.2, 0) is 0 Å². The molecule has 14 heavy (non-hydrogen) atoms. The molecule has 0 unspecified atom stereocenters. The Morgan fingerprint density at radius 2 is 2.00 bits per heavy atom. The van der Waals surface area contributed by atoms with Crippen molar-refractivity contribution in [2.45, 2.75) is 20.5 Å². The predicted octanol–water partition coefficient (Wildman–Crippen LogP) is 2.78. The van der Waals surface area contributed by atoms with Crippen molar-refractivity contribution in [1.82, 2.24) is 0 Å². The van der Waals surface area contributed by atoms with Crippen LogP contribution in [0.15, 0.2) is 12.1 Å². The quantitative estimate of drug-likeness (QED) is 0.730. The summed E-state index contributed by atoms with van der Waals surface area (Å²) in [6, 6.07) is 4.98. The smallest absolute Gasteiger partial charge is 0.387 e. The number of ether oxygens (including phenoxy) is 1. The van der Waals surface area contributed by atoms with Crippen LogP contribution in [0.2, 0.25) is 0 Å². The van der Waals surface area contributed by atoms with E-state index in [1.165, 1.54) is 6.07 Å². The molecule has 1 rings (SSSR count). The molecule has 0 spiro atoms. The van der Waals surface area contributed by atoms with Gasteiger partial charge >= 0.3 is 6.61 Å². The van der Waals surface area contributed by atoms with Gasteiger partial charge in [0.25, 0.3) is 0 Å². The summed E-state index contributed by atoms with van der Waals surface area (Å²) in [5.41, 5.74) is 1.60. The number of alkyl halides is 2. The number of rotatable bonds is 2. The van der Waals surface area contributed by atoms with Crippen LogP contribution in [-0.4, -0.2) is 6.61 Å². The number of benzene rings is 1. The summed E-state index contributed by atoms with van der Waals surface area (Å²) in [6.45, 7) is 0.476. The standard InChI is InChI=1S/C10H9F2NO/c1-6-3-4-9(14-10(11)12)7(2)8(6)5-13/h3-4,10H,1-2H3. The summed E-state index contributed by atoms with van der Waals surface area (Å²) in [5.74, 6) is 0.0575. The zero-order valence-electron chi connectivity index (χ0n) is 7.84. The molecule has 0 aliphatic carbocycles. The van der Waals surface area contributed by atoms with Gasteiger partial charge in [-0.25, -0.2) is 0 Å². The third-order valence-corrected chi connectivity index (χ3v) is 1.95. The van der Waals surface area contributed by atoms with E-state index in [1.807, 2.05) is 6.07 Å². The van der Waals surface area contributed by atoms with Crippen LogP contribution in [0.1, 0.15) is 16.7 Å². The normalized spacial score (nSPS) is 10.0. The van der Waals surface area contributed by atoms with Gasteiger partial charge in [0.1, 0.15) is 5.75 Å². The van der Waals surface area contributed by atoms with Gasteiger partial charge in [-0.2, -0.15) is 14.0 Å². The number of hydrogen-bond donors (Lipinski definition) is 0. The first-order valence-corrected chi connectivity index (χ1v) is 4.01. The van der Waals surface area contributed by atoms with Crippen molar-refractivity contribution in [1.29, 1.82) is 5.26 Å². The average molecular weight is 197 g/mol. The summed E-state index contributed by atoms with van der Waals surface area (Å²) in [4.78, 5) is 0.